The number of hydrogen-bond donors (Lipinski definition) is 0. The molecule has 1 aliphatic carbocycles. The average molecular weight is 655 g/mol. The van der Waals surface area contributed by atoms with Crippen molar-refractivity contribution < 1.29 is 8.42 Å². The quantitative estimate of drug-likeness (QED) is 0.214. The Labute approximate surface area is 238 Å². The first-order valence-electron chi connectivity index (χ1n) is 12.5. The van der Waals surface area contributed by atoms with Gasteiger partial charge in [-0.25, -0.2) is 0 Å². The first kappa shape index (κ1) is 23.4. The number of benzene rings is 3. The number of sulfone groups is 1. The number of hydrogen-bond acceptors (Lipinski definition) is 4. The van der Waals surface area contributed by atoms with E-state index < -0.39 is 9.84 Å². The SMILES string of the molecule is O=S(=O)(c1ccccc1)c1ccc(N2c3ccccc3C3(c4cccnc42)c2cc[se]c2-c2[se]ccc23)cc1. The number of pyridine rings is 1. The molecule has 4 nitrogen and oxygen atoms in total. The van der Waals surface area contributed by atoms with Gasteiger partial charge in [0.05, 0.1) is 0 Å². The van der Waals surface area contributed by atoms with E-state index in [0.29, 0.717) is 33.9 Å². The first-order valence-corrected chi connectivity index (χ1v) is 17.7. The van der Waals surface area contributed by atoms with Crippen LogP contribution in [0.4, 0.5) is 17.2 Å². The van der Waals surface area contributed by atoms with Crippen molar-refractivity contribution in [3.05, 3.63) is 141 Å². The maximum atomic E-state index is 13.3. The second-order valence-corrected chi connectivity index (χ2v) is 15.4. The molecule has 3 aromatic heterocycles. The molecule has 0 bridgehead atoms. The monoisotopic (exact) mass is 656 g/mol. The molecule has 4 heterocycles. The normalized spacial score (nSPS) is 14.5. The minimum absolute atomic E-state index is 0.275. The average Bonchev–Trinajstić information content (AvgIpc) is 3.71. The van der Waals surface area contributed by atoms with Crippen molar-refractivity contribution in [2.75, 3.05) is 4.90 Å². The molecule has 0 N–H and O–H groups in total. The third-order valence-corrected chi connectivity index (χ3v) is 14.1. The summed E-state index contributed by atoms with van der Waals surface area (Å²) in [5.74, 6) is 0.885. The van der Waals surface area contributed by atoms with Gasteiger partial charge in [0, 0.05) is 0 Å². The van der Waals surface area contributed by atoms with E-state index in [1.807, 2.05) is 30.5 Å². The third-order valence-electron chi connectivity index (χ3n) is 7.75. The van der Waals surface area contributed by atoms with Crippen LogP contribution >= 0.6 is 0 Å². The molecule has 1 spiro atoms. The molecule has 7 heteroatoms. The Bertz CT molecular complexity index is 1900. The predicted molar refractivity (Wildman–Crippen MR) is 156 cm³/mol. The predicted octanol–water partition coefficient (Wildman–Crippen LogP) is 6.17. The summed E-state index contributed by atoms with van der Waals surface area (Å²) in [6.07, 6.45) is 1.85. The van der Waals surface area contributed by atoms with Gasteiger partial charge in [0.2, 0.25) is 0 Å². The van der Waals surface area contributed by atoms with Crippen LogP contribution in [0.5, 0.6) is 0 Å². The van der Waals surface area contributed by atoms with Crippen LogP contribution < -0.4 is 4.90 Å². The van der Waals surface area contributed by atoms with E-state index in [4.69, 9.17) is 4.98 Å². The van der Waals surface area contributed by atoms with Crippen LogP contribution in [-0.2, 0) is 15.3 Å². The Morgan fingerprint density at radius 2 is 1.23 bits per heavy atom. The summed E-state index contributed by atoms with van der Waals surface area (Å²) >= 11 is 0.698. The second-order valence-electron chi connectivity index (χ2n) is 9.61. The van der Waals surface area contributed by atoms with Gasteiger partial charge in [-0.05, 0) is 12.1 Å². The van der Waals surface area contributed by atoms with Crippen molar-refractivity contribution in [3.63, 3.8) is 0 Å². The summed E-state index contributed by atoms with van der Waals surface area (Å²) < 4.78 is 29.6. The van der Waals surface area contributed by atoms with Gasteiger partial charge in [-0.2, -0.15) is 0 Å². The summed E-state index contributed by atoms with van der Waals surface area (Å²) in [5, 5.41) is 0. The Hall–Kier alpha value is -3.44. The maximum absolute atomic E-state index is 13.3. The Morgan fingerprint density at radius 1 is 0.615 bits per heavy atom. The van der Waals surface area contributed by atoms with Crippen LogP contribution in [0.2, 0.25) is 0 Å². The number of para-hydroxylation sites is 1. The second kappa shape index (κ2) is 8.53. The number of aromatic nitrogens is 1. The van der Waals surface area contributed by atoms with E-state index in [2.05, 4.69) is 57.2 Å². The topological polar surface area (TPSA) is 50.3 Å². The fourth-order valence-electron chi connectivity index (χ4n) is 6.17. The fraction of sp³-hybridized carbons (Fsp3) is 0.0312. The Balaban J connectivity index is 1.35. The molecular formula is C32H20N2O2SSe2. The fourth-order valence-corrected chi connectivity index (χ4v) is 12.3. The van der Waals surface area contributed by atoms with Gasteiger partial charge in [0.1, 0.15) is 0 Å². The van der Waals surface area contributed by atoms with Crippen molar-refractivity contribution in [2.24, 2.45) is 0 Å². The van der Waals surface area contributed by atoms with E-state index in [-0.39, 0.29) is 10.3 Å². The molecule has 0 radical (unpaired) electrons. The molecule has 0 amide bonds. The van der Waals surface area contributed by atoms with Crippen LogP contribution in [0.3, 0.4) is 0 Å². The van der Waals surface area contributed by atoms with Gasteiger partial charge in [-0.3, -0.25) is 0 Å². The standard InChI is InChI=1S/C32H20N2O2SSe2/c35-37(36,22-7-2-1-3-8-22)23-14-12-21(13-15-23)34-28-11-5-4-9-24(28)32(27-10-6-18-33-31(27)34)25-16-19-38-29(25)30-26(32)17-20-39-30/h1-20H. The number of anilines is 3. The third kappa shape index (κ3) is 3.11. The Kier molecular flexibility index (Phi) is 5.13. The van der Waals surface area contributed by atoms with E-state index >= 15 is 0 Å². The molecule has 6 aromatic rings. The number of fused-ring (bicyclic) bond motifs is 9. The van der Waals surface area contributed by atoms with E-state index in [0.717, 1.165) is 17.2 Å². The zero-order chi connectivity index (χ0) is 26.2. The summed E-state index contributed by atoms with van der Waals surface area (Å²) in [6.45, 7) is 0. The molecule has 0 unspecified atom stereocenters. The molecule has 0 fully saturated rings. The molecule has 3 aromatic carbocycles. The van der Waals surface area contributed by atoms with Gasteiger partial charge >= 0.3 is 210 Å². The summed E-state index contributed by atoms with van der Waals surface area (Å²) in [5.41, 5.74) is 6.81. The molecule has 0 saturated carbocycles. The van der Waals surface area contributed by atoms with Crippen LogP contribution in [0.25, 0.3) is 8.87 Å². The van der Waals surface area contributed by atoms with Crippen molar-refractivity contribution in [3.8, 4) is 8.87 Å². The van der Waals surface area contributed by atoms with Gasteiger partial charge in [-0.1, -0.05) is 18.2 Å². The number of nitrogens with zero attached hydrogens (tertiary/aromatic N) is 2. The zero-order valence-electron chi connectivity index (χ0n) is 20.5. The molecule has 0 atom stereocenters. The van der Waals surface area contributed by atoms with Crippen molar-refractivity contribution in [2.45, 2.75) is 15.2 Å². The van der Waals surface area contributed by atoms with Crippen molar-refractivity contribution in [1.29, 1.82) is 0 Å². The molecule has 8 rings (SSSR count). The van der Waals surface area contributed by atoms with E-state index in [9.17, 15) is 8.42 Å². The molecular weight excluding hydrogens is 634 g/mol. The molecule has 0 saturated heterocycles. The van der Waals surface area contributed by atoms with Gasteiger partial charge in [-0.15, -0.1) is 0 Å². The molecule has 188 valence electrons. The van der Waals surface area contributed by atoms with Crippen LogP contribution in [-0.4, -0.2) is 42.4 Å². The van der Waals surface area contributed by atoms with Crippen LogP contribution in [0.1, 0.15) is 22.3 Å². The molecule has 2 aliphatic rings. The molecule has 1 aliphatic heterocycles. The van der Waals surface area contributed by atoms with Crippen LogP contribution in [0.15, 0.2) is 129 Å². The molecule has 39 heavy (non-hydrogen) atoms. The summed E-state index contributed by atoms with van der Waals surface area (Å²) in [6, 6.07) is 33.3. The summed E-state index contributed by atoms with van der Waals surface area (Å²) in [7, 11) is -3.60. The zero-order valence-corrected chi connectivity index (χ0v) is 24.7. The Morgan fingerprint density at radius 3 is 1.95 bits per heavy atom. The van der Waals surface area contributed by atoms with Gasteiger partial charge in [0.15, 0.2) is 0 Å². The first-order chi connectivity index (χ1) is 19.1. The van der Waals surface area contributed by atoms with Gasteiger partial charge < -0.3 is 0 Å². The number of rotatable bonds is 3. The van der Waals surface area contributed by atoms with Crippen molar-refractivity contribution >= 4 is 56.0 Å². The minimum atomic E-state index is -3.60. The van der Waals surface area contributed by atoms with Crippen molar-refractivity contribution in [1.82, 2.24) is 4.98 Å². The summed E-state index contributed by atoms with van der Waals surface area (Å²) in [4.78, 5) is 12.4. The van der Waals surface area contributed by atoms with E-state index in [1.165, 1.54) is 31.1 Å². The van der Waals surface area contributed by atoms with Gasteiger partial charge in [0.25, 0.3) is 0 Å². The van der Waals surface area contributed by atoms with Crippen LogP contribution in [0, 0.1) is 0 Å². The van der Waals surface area contributed by atoms with E-state index in [1.54, 1.807) is 36.4 Å².